The Hall–Kier alpha value is -2.02. The van der Waals surface area contributed by atoms with E-state index in [0.29, 0.717) is 18.8 Å². The number of likely N-dealkylation sites (N-methyl/N-ethyl adjacent to an activating group) is 1. The molecule has 1 aliphatic heterocycles. The van der Waals surface area contributed by atoms with Crippen molar-refractivity contribution in [2.75, 3.05) is 30.3 Å². The van der Waals surface area contributed by atoms with Crippen molar-refractivity contribution in [3.63, 3.8) is 0 Å². The van der Waals surface area contributed by atoms with Crippen molar-refractivity contribution in [2.24, 2.45) is 0 Å². The van der Waals surface area contributed by atoms with Crippen LogP contribution >= 0.6 is 11.8 Å². The molecule has 22 heavy (non-hydrogen) atoms. The van der Waals surface area contributed by atoms with Crippen molar-refractivity contribution in [1.29, 1.82) is 0 Å². The van der Waals surface area contributed by atoms with Gasteiger partial charge in [-0.1, -0.05) is 12.1 Å². The molecule has 1 aromatic rings. The molecule has 0 radical (unpaired) electrons. The summed E-state index contributed by atoms with van der Waals surface area (Å²) in [5.74, 6) is -0.0704. The van der Waals surface area contributed by atoms with Gasteiger partial charge in [-0.15, -0.1) is 11.8 Å². The molecule has 0 spiro atoms. The van der Waals surface area contributed by atoms with Crippen molar-refractivity contribution in [2.45, 2.75) is 18.2 Å². The Labute approximate surface area is 133 Å². The number of rotatable bonds is 6. The van der Waals surface area contributed by atoms with Gasteiger partial charge < -0.3 is 15.5 Å². The van der Waals surface area contributed by atoms with E-state index < -0.39 is 0 Å². The summed E-state index contributed by atoms with van der Waals surface area (Å²) in [6, 6.07) is 7.65. The first-order chi connectivity index (χ1) is 10.6. The third-order valence-corrected chi connectivity index (χ3v) is 4.24. The summed E-state index contributed by atoms with van der Waals surface area (Å²) in [6.45, 7) is 2.63. The maximum Gasteiger partial charge on any atom is 0.239 e. The van der Waals surface area contributed by atoms with Crippen LogP contribution in [0.4, 0.5) is 5.69 Å². The number of amides is 3. The van der Waals surface area contributed by atoms with Gasteiger partial charge in [-0.05, 0) is 19.1 Å². The van der Waals surface area contributed by atoms with Gasteiger partial charge in [0.25, 0.3) is 0 Å². The molecule has 1 aromatic carbocycles. The second-order valence-corrected chi connectivity index (χ2v) is 5.80. The van der Waals surface area contributed by atoms with Gasteiger partial charge in [-0.3, -0.25) is 14.4 Å². The summed E-state index contributed by atoms with van der Waals surface area (Å²) in [4.78, 5) is 37.8. The summed E-state index contributed by atoms with van der Waals surface area (Å²) in [5.41, 5.74) is 0.847. The van der Waals surface area contributed by atoms with E-state index in [1.54, 1.807) is 4.90 Å². The Morgan fingerprint density at radius 3 is 2.77 bits per heavy atom. The minimum atomic E-state index is -0.241. The molecule has 0 aromatic heterocycles. The zero-order valence-electron chi connectivity index (χ0n) is 12.4. The molecule has 6 nitrogen and oxygen atoms in total. The first-order valence-corrected chi connectivity index (χ1v) is 8.16. The lowest BCUT2D eigenvalue weighted by Crippen LogP contribution is -2.40. The molecule has 2 rings (SSSR count). The Balaban J connectivity index is 1.87. The molecular formula is C15H19N3O3S. The molecule has 2 N–H and O–H groups in total. The topological polar surface area (TPSA) is 78.5 Å². The quantitative estimate of drug-likeness (QED) is 0.811. The maximum absolute atomic E-state index is 12.0. The summed E-state index contributed by atoms with van der Waals surface area (Å²) in [7, 11) is 0. The lowest BCUT2D eigenvalue weighted by molar-refractivity contribution is -0.126. The number of hydrogen-bond acceptors (Lipinski definition) is 4. The van der Waals surface area contributed by atoms with Gasteiger partial charge in [0.1, 0.15) is 0 Å². The summed E-state index contributed by atoms with van der Waals surface area (Å²) < 4.78 is 0. The molecule has 3 amide bonds. The second-order valence-electron chi connectivity index (χ2n) is 4.78. The van der Waals surface area contributed by atoms with E-state index in [2.05, 4.69) is 10.6 Å². The second kappa shape index (κ2) is 7.84. The number of hydrogen-bond donors (Lipinski definition) is 2. The van der Waals surface area contributed by atoms with Gasteiger partial charge >= 0.3 is 0 Å². The molecule has 0 unspecified atom stereocenters. The minimum absolute atomic E-state index is 0.000209. The molecule has 0 bridgehead atoms. The van der Waals surface area contributed by atoms with Crippen LogP contribution in [0, 0.1) is 0 Å². The van der Waals surface area contributed by atoms with Gasteiger partial charge in [0, 0.05) is 24.4 Å². The fourth-order valence-corrected chi connectivity index (χ4v) is 3.08. The lowest BCUT2D eigenvalue weighted by Gasteiger charge is -2.28. The van der Waals surface area contributed by atoms with E-state index in [-0.39, 0.29) is 30.7 Å². The van der Waals surface area contributed by atoms with E-state index in [9.17, 15) is 14.4 Å². The summed E-state index contributed by atoms with van der Waals surface area (Å²) in [6.07, 6.45) is 0.171. The number of nitrogens with zero attached hydrogens (tertiary/aromatic N) is 1. The normalized spacial score (nSPS) is 13.5. The SMILES string of the molecule is CCNC(=O)CNC(=O)CCN1C(=O)CSc2ccccc21. The Morgan fingerprint density at radius 1 is 1.23 bits per heavy atom. The van der Waals surface area contributed by atoms with Gasteiger partial charge in [-0.25, -0.2) is 0 Å². The number of fused-ring (bicyclic) bond motifs is 1. The van der Waals surface area contributed by atoms with Crippen LogP contribution < -0.4 is 15.5 Å². The minimum Gasteiger partial charge on any atom is -0.355 e. The predicted octanol–water partition coefficient (Wildman–Crippen LogP) is 0.768. The van der Waals surface area contributed by atoms with E-state index in [4.69, 9.17) is 0 Å². The van der Waals surface area contributed by atoms with E-state index >= 15 is 0 Å². The van der Waals surface area contributed by atoms with Gasteiger partial charge in [-0.2, -0.15) is 0 Å². The third-order valence-electron chi connectivity index (χ3n) is 3.19. The zero-order valence-corrected chi connectivity index (χ0v) is 13.2. The molecule has 0 fully saturated rings. The van der Waals surface area contributed by atoms with Crippen LogP contribution in [0.2, 0.25) is 0 Å². The fraction of sp³-hybridized carbons (Fsp3) is 0.400. The Kier molecular flexibility index (Phi) is 5.83. The molecule has 0 atom stereocenters. The molecule has 0 saturated carbocycles. The Morgan fingerprint density at radius 2 is 2.00 bits per heavy atom. The molecule has 7 heteroatoms. The monoisotopic (exact) mass is 321 g/mol. The average molecular weight is 321 g/mol. The smallest absolute Gasteiger partial charge is 0.239 e. The van der Waals surface area contributed by atoms with Crippen LogP contribution in [0.3, 0.4) is 0 Å². The first kappa shape index (κ1) is 16.4. The molecule has 0 aliphatic carbocycles. The molecule has 1 heterocycles. The first-order valence-electron chi connectivity index (χ1n) is 7.17. The highest BCUT2D eigenvalue weighted by Gasteiger charge is 2.24. The van der Waals surface area contributed by atoms with Crippen LogP contribution in [0.1, 0.15) is 13.3 Å². The van der Waals surface area contributed by atoms with Crippen molar-refractivity contribution in [1.82, 2.24) is 10.6 Å². The predicted molar refractivity (Wildman–Crippen MR) is 85.8 cm³/mol. The van der Waals surface area contributed by atoms with Crippen molar-refractivity contribution >= 4 is 35.2 Å². The number of carbonyl (C=O) groups excluding carboxylic acids is 3. The number of benzene rings is 1. The molecule has 0 saturated heterocycles. The van der Waals surface area contributed by atoms with Crippen LogP contribution in [-0.4, -0.2) is 43.1 Å². The molecule has 1 aliphatic rings. The van der Waals surface area contributed by atoms with Gasteiger partial charge in [0.2, 0.25) is 17.7 Å². The number of para-hydroxylation sites is 1. The fourth-order valence-electron chi connectivity index (χ4n) is 2.14. The highest BCUT2D eigenvalue weighted by atomic mass is 32.2. The number of nitrogens with one attached hydrogen (secondary N) is 2. The van der Waals surface area contributed by atoms with Crippen LogP contribution in [0.25, 0.3) is 0 Å². The van der Waals surface area contributed by atoms with E-state index in [0.717, 1.165) is 10.6 Å². The van der Waals surface area contributed by atoms with Crippen LogP contribution in [0.15, 0.2) is 29.2 Å². The van der Waals surface area contributed by atoms with Gasteiger partial charge in [0.15, 0.2) is 0 Å². The zero-order chi connectivity index (χ0) is 15.9. The van der Waals surface area contributed by atoms with Gasteiger partial charge in [0.05, 0.1) is 18.0 Å². The molecular weight excluding hydrogens is 302 g/mol. The summed E-state index contributed by atoms with van der Waals surface area (Å²) >= 11 is 1.51. The molecule has 118 valence electrons. The van der Waals surface area contributed by atoms with Crippen molar-refractivity contribution in [3.8, 4) is 0 Å². The van der Waals surface area contributed by atoms with Crippen molar-refractivity contribution in [3.05, 3.63) is 24.3 Å². The van der Waals surface area contributed by atoms with Crippen molar-refractivity contribution < 1.29 is 14.4 Å². The third kappa shape index (κ3) is 4.24. The van der Waals surface area contributed by atoms with E-state index in [1.165, 1.54) is 11.8 Å². The maximum atomic E-state index is 12.0. The average Bonchev–Trinajstić information content (AvgIpc) is 2.52. The van der Waals surface area contributed by atoms with Crippen LogP contribution in [0.5, 0.6) is 0 Å². The van der Waals surface area contributed by atoms with Crippen LogP contribution in [-0.2, 0) is 14.4 Å². The lowest BCUT2D eigenvalue weighted by atomic mass is 10.2. The number of carbonyl (C=O) groups is 3. The number of anilines is 1. The van der Waals surface area contributed by atoms with E-state index in [1.807, 2.05) is 31.2 Å². The highest BCUT2D eigenvalue weighted by Crippen LogP contribution is 2.34. The largest absolute Gasteiger partial charge is 0.355 e. The number of thioether (sulfide) groups is 1. The standard InChI is InChI=1S/C15H19N3O3S/c1-2-16-14(20)9-17-13(19)7-8-18-11-5-3-4-6-12(11)22-10-15(18)21/h3-6H,2,7-10H2,1H3,(H,16,20)(H,17,19). The Bertz CT molecular complexity index is 577. The summed E-state index contributed by atoms with van der Waals surface area (Å²) in [5, 5.41) is 5.16. The highest BCUT2D eigenvalue weighted by molar-refractivity contribution is 8.00.